The minimum Gasteiger partial charge on any atom is -0.462 e. The highest BCUT2D eigenvalue weighted by Crippen LogP contribution is 2.25. The molecule has 0 N–H and O–H groups in total. The molecule has 0 saturated carbocycles. The third-order valence-electron chi connectivity index (χ3n) is 1.44. The Morgan fingerprint density at radius 3 is 2.71 bits per heavy atom. The molecule has 80 valence electrons. The lowest BCUT2D eigenvalue weighted by molar-refractivity contribution is -0.174. The lowest BCUT2D eigenvalue weighted by Crippen LogP contribution is -2.21. The van der Waals surface area contributed by atoms with Crippen molar-refractivity contribution in [1.82, 2.24) is 0 Å². The molecule has 0 amide bonds. The van der Waals surface area contributed by atoms with Gasteiger partial charge >= 0.3 is 11.9 Å². The molecule has 0 aromatic carbocycles. The summed E-state index contributed by atoms with van der Waals surface area (Å²) in [6.45, 7) is 2.86. The Hall–Kier alpha value is -0.750. The van der Waals surface area contributed by atoms with Crippen LogP contribution in [-0.4, -0.2) is 36.0 Å². The zero-order valence-electron chi connectivity index (χ0n) is 8.02. The van der Waals surface area contributed by atoms with Gasteiger partial charge in [-0.25, -0.2) is 0 Å². The molecule has 2 atom stereocenters. The van der Waals surface area contributed by atoms with Crippen molar-refractivity contribution in [1.29, 1.82) is 0 Å². The van der Waals surface area contributed by atoms with Gasteiger partial charge in [0.25, 0.3) is 0 Å². The number of rotatable bonds is 3. The fourth-order valence-corrected chi connectivity index (χ4v) is 1.84. The highest BCUT2D eigenvalue weighted by atomic mass is 32.2. The first kappa shape index (κ1) is 11.3. The first-order chi connectivity index (χ1) is 6.58. The van der Waals surface area contributed by atoms with Crippen molar-refractivity contribution >= 4 is 23.7 Å². The molecule has 0 radical (unpaired) electrons. The third-order valence-corrected chi connectivity index (χ3v) is 2.53. The van der Waals surface area contributed by atoms with Crippen LogP contribution in [0.5, 0.6) is 0 Å². The van der Waals surface area contributed by atoms with Crippen molar-refractivity contribution in [2.24, 2.45) is 0 Å². The van der Waals surface area contributed by atoms with Crippen molar-refractivity contribution in [3.05, 3.63) is 0 Å². The van der Waals surface area contributed by atoms with Gasteiger partial charge in [-0.3, -0.25) is 9.59 Å². The quantitative estimate of drug-likeness (QED) is 0.646. The van der Waals surface area contributed by atoms with Crippen LogP contribution in [-0.2, 0) is 23.8 Å². The normalized spacial score (nSPS) is 25.9. The van der Waals surface area contributed by atoms with Crippen molar-refractivity contribution < 1.29 is 23.8 Å². The van der Waals surface area contributed by atoms with Crippen molar-refractivity contribution in [2.45, 2.75) is 25.6 Å². The van der Waals surface area contributed by atoms with E-state index in [-0.39, 0.29) is 24.0 Å². The molecular formula is C8H12O5S. The predicted molar refractivity (Wildman–Crippen MR) is 49.5 cm³/mol. The van der Waals surface area contributed by atoms with Crippen LogP contribution < -0.4 is 0 Å². The van der Waals surface area contributed by atoms with Gasteiger partial charge in [-0.2, -0.15) is 0 Å². The van der Waals surface area contributed by atoms with Crippen molar-refractivity contribution in [3.63, 3.8) is 0 Å². The van der Waals surface area contributed by atoms with Crippen molar-refractivity contribution in [3.8, 4) is 0 Å². The molecule has 1 heterocycles. The van der Waals surface area contributed by atoms with Crippen molar-refractivity contribution in [2.75, 3.05) is 12.4 Å². The van der Waals surface area contributed by atoms with Gasteiger partial charge in [-0.15, -0.1) is 11.8 Å². The van der Waals surface area contributed by atoms with E-state index in [9.17, 15) is 9.59 Å². The number of carbonyl (C=O) groups is 2. The zero-order chi connectivity index (χ0) is 10.6. The third kappa shape index (κ3) is 3.97. The Balaban J connectivity index is 2.20. The predicted octanol–water partition coefficient (Wildman–Crippen LogP) is 0.528. The summed E-state index contributed by atoms with van der Waals surface area (Å²) in [5.74, 6) is -0.139. The molecule has 0 bridgehead atoms. The average molecular weight is 220 g/mol. The van der Waals surface area contributed by atoms with Crippen LogP contribution in [0, 0.1) is 0 Å². The summed E-state index contributed by atoms with van der Waals surface area (Å²) in [5, 5.41) is 0. The Labute approximate surface area is 86.1 Å². The molecule has 1 aliphatic rings. The zero-order valence-corrected chi connectivity index (χ0v) is 8.83. The summed E-state index contributed by atoms with van der Waals surface area (Å²) in [4.78, 5) is 21.1. The lowest BCUT2D eigenvalue weighted by Gasteiger charge is -2.11. The monoisotopic (exact) mass is 220 g/mol. The van der Waals surface area contributed by atoms with Gasteiger partial charge in [0.2, 0.25) is 6.29 Å². The van der Waals surface area contributed by atoms with Crippen LogP contribution in [0.3, 0.4) is 0 Å². The van der Waals surface area contributed by atoms with Crippen LogP contribution in [0.1, 0.15) is 13.8 Å². The smallest absolute Gasteiger partial charge is 0.304 e. The van der Waals surface area contributed by atoms with Crippen LogP contribution in [0.25, 0.3) is 0 Å². The number of carbonyl (C=O) groups excluding carboxylic acids is 2. The highest BCUT2D eigenvalue weighted by molar-refractivity contribution is 8.00. The molecule has 14 heavy (non-hydrogen) atoms. The highest BCUT2D eigenvalue weighted by Gasteiger charge is 2.28. The minimum atomic E-state index is -0.516. The molecule has 0 aromatic heterocycles. The van der Waals surface area contributed by atoms with E-state index in [1.807, 2.05) is 0 Å². The number of thioether (sulfide) groups is 1. The van der Waals surface area contributed by atoms with Crippen LogP contribution in [0.15, 0.2) is 0 Å². The molecule has 6 heteroatoms. The summed E-state index contributed by atoms with van der Waals surface area (Å²) in [7, 11) is 0. The van der Waals surface area contributed by atoms with E-state index in [0.29, 0.717) is 5.75 Å². The second-order valence-electron chi connectivity index (χ2n) is 2.74. The molecule has 1 aliphatic heterocycles. The maximum atomic E-state index is 10.6. The molecule has 5 nitrogen and oxygen atoms in total. The van der Waals surface area contributed by atoms with E-state index < -0.39 is 6.29 Å². The summed E-state index contributed by atoms with van der Waals surface area (Å²) < 4.78 is 14.8. The fourth-order valence-electron chi connectivity index (χ4n) is 0.953. The van der Waals surface area contributed by atoms with E-state index in [1.54, 1.807) is 0 Å². The Bertz CT molecular complexity index is 230. The number of hydrogen-bond donors (Lipinski definition) is 0. The van der Waals surface area contributed by atoms with E-state index in [1.165, 1.54) is 25.6 Å². The molecule has 1 unspecified atom stereocenters. The molecular weight excluding hydrogens is 208 g/mol. The van der Waals surface area contributed by atoms with Crippen LogP contribution >= 0.6 is 11.8 Å². The summed E-state index contributed by atoms with van der Waals surface area (Å²) >= 11 is 1.46. The Kier molecular flexibility index (Phi) is 4.21. The second-order valence-corrected chi connectivity index (χ2v) is 3.93. The Morgan fingerprint density at radius 1 is 1.43 bits per heavy atom. The Morgan fingerprint density at radius 2 is 2.14 bits per heavy atom. The first-order valence-corrected chi connectivity index (χ1v) is 5.20. The lowest BCUT2D eigenvalue weighted by atomic mass is 10.7. The number of hydrogen-bond acceptors (Lipinski definition) is 6. The summed E-state index contributed by atoms with van der Waals surface area (Å²) in [5.41, 5.74) is -0.233. The minimum absolute atomic E-state index is 0.192. The van der Waals surface area contributed by atoms with Gasteiger partial charge in [0.15, 0.2) is 0 Å². The standard InChI is InChI=1S/C8H12O5S/c1-5(9)11-3-8-13-7(4-14-8)12-6(2)10/h7-8H,3-4H2,1-2H3/t7-,8?/m1/s1. The van der Waals surface area contributed by atoms with Gasteiger partial charge in [-0.1, -0.05) is 0 Å². The summed E-state index contributed by atoms with van der Waals surface area (Å²) in [6, 6.07) is 0. The SMILES string of the molecule is CC(=O)OCC1O[C@@H](OC(C)=O)CS1. The van der Waals surface area contributed by atoms with E-state index in [2.05, 4.69) is 0 Å². The maximum Gasteiger partial charge on any atom is 0.304 e. The molecule has 0 aliphatic carbocycles. The fraction of sp³-hybridized carbons (Fsp3) is 0.750. The topological polar surface area (TPSA) is 61.8 Å². The van der Waals surface area contributed by atoms with Gasteiger partial charge in [-0.05, 0) is 0 Å². The van der Waals surface area contributed by atoms with Gasteiger partial charge in [0.05, 0.1) is 5.75 Å². The number of ether oxygens (including phenoxy) is 3. The average Bonchev–Trinajstić information content (AvgIpc) is 2.47. The molecule has 1 rings (SSSR count). The molecule has 1 fully saturated rings. The van der Waals surface area contributed by atoms with Gasteiger partial charge in [0.1, 0.15) is 12.0 Å². The van der Waals surface area contributed by atoms with E-state index >= 15 is 0 Å². The maximum absolute atomic E-state index is 10.6. The largest absolute Gasteiger partial charge is 0.462 e. The van der Waals surface area contributed by atoms with E-state index in [0.717, 1.165) is 0 Å². The van der Waals surface area contributed by atoms with Gasteiger partial charge in [0, 0.05) is 13.8 Å². The molecule has 0 aromatic rings. The van der Waals surface area contributed by atoms with Crippen LogP contribution in [0.2, 0.25) is 0 Å². The van der Waals surface area contributed by atoms with Gasteiger partial charge < -0.3 is 14.2 Å². The molecule has 1 saturated heterocycles. The first-order valence-electron chi connectivity index (χ1n) is 4.15. The van der Waals surface area contributed by atoms with Crippen LogP contribution in [0.4, 0.5) is 0 Å². The van der Waals surface area contributed by atoms with E-state index in [4.69, 9.17) is 14.2 Å². The second kappa shape index (κ2) is 5.21. The number of esters is 2. The summed E-state index contributed by atoms with van der Waals surface area (Å²) in [6.07, 6.45) is -0.516. The molecule has 0 spiro atoms.